The highest BCUT2D eigenvalue weighted by atomic mass is 32.1. The molecule has 2 aromatic rings. The molecule has 23 heavy (non-hydrogen) atoms. The lowest BCUT2D eigenvalue weighted by Crippen LogP contribution is -2.39. The maximum absolute atomic E-state index is 12.7. The first-order valence-corrected chi connectivity index (χ1v) is 8.57. The zero-order valence-corrected chi connectivity index (χ0v) is 13.4. The summed E-state index contributed by atoms with van der Waals surface area (Å²) in [6.07, 6.45) is 2.55. The summed E-state index contributed by atoms with van der Waals surface area (Å²) in [5, 5.41) is 7.01. The predicted molar refractivity (Wildman–Crippen MR) is 90.2 cm³/mol. The molecule has 1 aromatic heterocycles. The van der Waals surface area contributed by atoms with Crippen molar-refractivity contribution in [1.82, 2.24) is 10.3 Å². The molecule has 0 saturated carbocycles. The van der Waals surface area contributed by atoms with Crippen molar-refractivity contribution >= 4 is 28.1 Å². The molecule has 0 radical (unpaired) electrons. The van der Waals surface area contributed by atoms with Crippen LogP contribution in [0.2, 0.25) is 0 Å². The molecule has 6 nitrogen and oxygen atoms in total. The van der Waals surface area contributed by atoms with Gasteiger partial charge in [0.05, 0.1) is 16.9 Å². The van der Waals surface area contributed by atoms with E-state index in [1.165, 1.54) is 16.2 Å². The summed E-state index contributed by atoms with van der Waals surface area (Å²) < 4.78 is 5.59. The van der Waals surface area contributed by atoms with Crippen molar-refractivity contribution in [2.45, 2.75) is 25.3 Å². The Kier molecular flexibility index (Phi) is 3.57. The lowest BCUT2D eigenvalue weighted by atomic mass is 9.97. The van der Waals surface area contributed by atoms with Gasteiger partial charge in [-0.2, -0.15) is 0 Å². The summed E-state index contributed by atoms with van der Waals surface area (Å²) in [5.41, 5.74) is 8.28. The molecule has 0 spiro atoms. The summed E-state index contributed by atoms with van der Waals surface area (Å²) in [7, 11) is 0. The van der Waals surface area contributed by atoms with E-state index in [1.807, 2.05) is 18.2 Å². The maximum Gasteiger partial charge on any atom is 0.253 e. The second kappa shape index (κ2) is 5.73. The van der Waals surface area contributed by atoms with E-state index in [0.29, 0.717) is 23.8 Å². The molecule has 7 heteroatoms. The second-order valence-electron chi connectivity index (χ2n) is 5.79. The Balaban J connectivity index is 1.51. The Morgan fingerprint density at radius 1 is 1.48 bits per heavy atom. The Labute approximate surface area is 138 Å². The Morgan fingerprint density at radius 2 is 2.39 bits per heavy atom. The molecule has 4 rings (SSSR count). The minimum atomic E-state index is -0.0641. The number of carbonyl (C=O) groups excluding carboxylic acids is 1. The molecular formula is C16H18N4O2S. The van der Waals surface area contributed by atoms with E-state index < -0.39 is 0 Å². The number of nitrogens with one attached hydrogen (secondary N) is 2. The molecule has 0 fully saturated rings. The third-order valence-corrected chi connectivity index (χ3v) is 5.17. The van der Waals surface area contributed by atoms with E-state index in [0.717, 1.165) is 36.4 Å². The van der Waals surface area contributed by atoms with Gasteiger partial charge in [0.25, 0.3) is 5.91 Å². The number of rotatable bonds is 2. The quantitative estimate of drug-likeness (QED) is 0.781. The number of aromatic nitrogens is 1. The maximum atomic E-state index is 12.7. The number of benzene rings is 1. The van der Waals surface area contributed by atoms with Crippen LogP contribution >= 0.6 is 11.3 Å². The van der Waals surface area contributed by atoms with Gasteiger partial charge in [-0.15, -0.1) is 11.3 Å². The van der Waals surface area contributed by atoms with Gasteiger partial charge in [0.15, 0.2) is 5.13 Å². The van der Waals surface area contributed by atoms with E-state index in [1.54, 1.807) is 0 Å². The van der Waals surface area contributed by atoms with Gasteiger partial charge >= 0.3 is 0 Å². The topological polar surface area (TPSA) is 89.3 Å². The predicted octanol–water partition coefficient (Wildman–Crippen LogP) is 1.82. The van der Waals surface area contributed by atoms with Crippen molar-refractivity contribution in [3.05, 3.63) is 34.3 Å². The first kappa shape index (κ1) is 14.3. The summed E-state index contributed by atoms with van der Waals surface area (Å²) >= 11 is 1.52. The van der Waals surface area contributed by atoms with E-state index in [2.05, 4.69) is 15.6 Å². The van der Waals surface area contributed by atoms with Crippen molar-refractivity contribution in [1.29, 1.82) is 0 Å². The number of hydrogen-bond donors (Lipinski definition) is 3. The van der Waals surface area contributed by atoms with Crippen LogP contribution in [0.25, 0.3) is 0 Å². The number of anilines is 2. The highest BCUT2D eigenvalue weighted by Crippen LogP contribution is 2.32. The van der Waals surface area contributed by atoms with Crippen molar-refractivity contribution in [3.8, 4) is 5.75 Å². The van der Waals surface area contributed by atoms with Gasteiger partial charge in [-0.25, -0.2) is 4.98 Å². The molecule has 0 saturated heterocycles. The average molecular weight is 330 g/mol. The van der Waals surface area contributed by atoms with Gasteiger partial charge in [-0.1, -0.05) is 6.07 Å². The minimum Gasteiger partial charge on any atom is -0.490 e. The molecule has 2 heterocycles. The number of carbonyl (C=O) groups is 1. The van der Waals surface area contributed by atoms with Gasteiger partial charge in [0.1, 0.15) is 12.4 Å². The first-order chi connectivity index (χ1) is 11.2. The molecule has 120 valence electrons. The summed E-state index contributed by atoms with van der Waals surface area (Å²) in [6.45, 7) is 1.33. The standard InChI is InChI=1S/C16H18N4O2S/c17-16-20-11-5-4-9(8-13(11)23-16)19-15(21)10-2-1-3-12-14(10)18-6-7-22-12/h1-3,9,18H,4-8H2,(H2,17,20)(H,19,21)/t9-/m0/s1. The van der Waals surface area contributed by atoms with Gasteiger partial charge in [-0.05, 0) is 25.0 Å². The zero-order chi connectivity index (χ0) is 15.8. The molecular weight excluding hydrogens is 312 g/mol. The third kappa shape index (κ3) is 2.72. The summed E-state index contributed by atoms with van der Waals surface area (Å²) in [5.74, 6) is 0.677. The summed E-state index contributed by atoms with van der Waals surface area (Å²) in [6, 6.07) is 5.68. The molecule has 1 aliphatic carbocycles. The average Bonchev–Trinajstić information content (AvgIpc) is 2.93. The molecule has 0 bridgehead atoms. The van der Waals surface area contributed by atoms with Crippen molar-refractivity contribution in [2.75, 3.05) is 24.2 Å². The van der Waals surface area contributed by atoms with Crippen LogP contribution in [0.1, 0.15) is 27.3 Å². The first-order valence-electron chi connectivity index (χ1n) is 7.75. The molecule has 1 atom stereocenters. The number of ether oxygens (including phenoxy) is 1. The van der Waals surface area contributed by atoms with E-state index >= 15 is 0 Å². The van der Waals surface area contributed by atoms with Crippen LogP contribution in [0.5, 0.6) is 5.75 Å². The SMILES string of the molecule is Nc1nc2c(s1)C[C@@H](NC(=O)c1cccc3c1NCCO3)CC2. The fraction of sp³-hybridized carbons (Fsp3) is 0.375. The van der Waals surface area contributed by atoms with Crippen LogP contribution in [-0.4, -0.2) is 30.1 Å². The third-order valence-electron chi connectivity index (χ3n) is 4.22. The van der Waals surface area contributed by atoms with Crippen LogP contribution in [0, 0.1) is 0 Å². The van der Waals surface area contributed by atoms with Gasteiger partial charge in [0.2, 0.25) is 0 Å². The van der Waals surface area contributed by atoms with Crippen LogP contribution in [-0.2, 0) is 12.8 Å². The normalized spacial score (nSPS) is 19.0. The minimum absolute atomic E-state index is 0.0641. The fourth-order valence-corrected chi connectivity index (χ4v) is 4.10. The number of nitrogens with zero attached hydrogens (tertiary/aromatic N) is 1. The number of nitrogen functional groups attached to an aromatic ring is 1. The number of aryl methyl sites for hydroxylation is 1. The van der Waals surface area contributed by atoms with Gasteiger partial charge in [0, 0.05) is 23.9 Å². The molecule has 1 amide bonds. The van der Waals surface area contributed by atoms with Crippen LogP contribution < -0.4 is 21.1 Å². The number of amides is 1. The lowest BCUT2D eigenvalue weighted by Gasteiger charge is -2.25. The van der Waals surface area contributed by atoms with Crippen LogP contribution in [0.15, 0.2) is 18.2 Å². The number of para-hydroxylation sites is 1. The van der Waals surface area contributed by atoms with E-state index in [-0.39, 0.29) is 11.9 Å². The Bertz CT molecular complexity index is 759. The molecule has 2 aliphatic rings. The number of thiazole rings is 1. The number of hydrogen-bond acceptors (Lipinski definition) is 6. The second-order valence-corrected chi connectivity index (χ2v) is 6.90. The lowest BCUT2D eigenvalue weighted by molar-refractivity contribution is 0.0934. The zero-order valence-electron chi connectivity index (χ0n) is 12.6. The van der Waals surface area contributed by atoms with Crippen LogP contribution in [0.4, 0.5) is 10.8 Å². The molecule has 1 aromatic carbocycles. The summed E-state index contributed by atoms with van der Waals surface area (Å²) in [4.78, 5) is 18.2. The largest absolute Gasteiger partial charge is 0.490 e. The Hall–Kier alpha value is -2.28. The van der Waals surface area contributed by atoms with Crippen LogP contribution in [0.3, 0.4) is 0 Å². The van der Waals surface area contributed by atoms with E-state index in [4.69, 9.17) is 10.5 Å². The van der Waals surface area contributed by atoms with Gasteiger partial charge < -0.3 is 21.1 Å². The molecule has 4 N–H and O–H groups in total. The van der Waals surface area contributed by atoms with Crippen molar-refractivity contribution in [2.24, 2.45) is 0 Å². The molecule has 0 unspecified atom stereocenters. The number of fused-ring (bicyclic) bond motifs is 2. The highest BCUT2D eigenvalue weighted by Gasteiger charge is 2.25. The van der Waals surface area contributed by atoms with E-state index in [9.17, 15) is 4.79 Å². The van der Waals surface area contributed by atoms with Crippen molar-refractivity contribution in [3.63, 3.8) is 0 Å². The highest BCUT2D eigenvalue weighted by molar-refractivity contribution is 7.15. The number of nitrogens with two attached hydrogens (primary N) is 1. The molecule has 1 aliphatic heterocycles. The van der Waals surface area contributed by atoms with Gasteiger partial charge in [-0.3, -0.25) is 4.79 Å². The smallest absolute Gasteiger partial charge is 0.253 e. The Morgan fingerprint density at radius 3 is 3.30 bits per heavy atom. The van der Waals surface area contributed by atoms with Crippen molar-refractivity contribution < 1.29 is 9.53 Å². The monoisotopic (exact) mass is 330 g/mol. The fourth-order valence-electron chi connectivity index (χ4n) is 3.14.